The van der Waals surface area contributed by atoms with Crippen molar-refractivity contribution in [3.05, 3.63) is 67.5 Å². The van der Waals surface area contributed by atoms with E-state index in [1.807, 2.05) is 12.1 Å². The first kappa shape index (κ1) is 14.5. The van der Waals surface area contributed by atoms with Crippen LogP contribution in [0.1, 0.15) is 40.0 Å². The van der Waals surface area contributed by atoms with E-state index in [4.69, 9.17) is 0 Å². The minimum absolute atomic E-state index is 0.230. The molecule has 0 spiro atoms. The van der Waals surface area contributed by atoms with Crippen LogP contribution in [0, 0.1) is 0 Å². The maximum absolute atomic E-state index is 12.1. The summed E-state index contributed by atoms with van der Waals surface area (Å²) in [5.74, 6) is 0. The van der Waals surface area contributed by atoms with Gasteiger partial charge in [-0.15, -0.1) is 0 Å². The van der Waals surface area contributed by atoms with Crippen LogP contribution in [0.15, 0.2) is 33.9 Å². The molecule has 1 aromatic carbocycles. The largest absolute Gasteiger partial charge is 0.328 e. The maximum Gasteiger partial charge on any atom is 0.328 e. The first-order valence-corrected chi connectivity index (χ1v) is 7.58. The van der Waals surface area contributed by atoms with Crippen molar-refractivity contribution in [2.75, 3.05) is 0 Å². The van der Waals surface area contributed by atoms with Gasteiger partial charge in [0.25, 0.3) is 5.56 Å². The Hall–Kier alpha value is -2.43. The van der Waals surface area contributed by atoms with E-state index in [9.17, 15) is 14.4 Å². The van der Waals surface area contributed by atoms with E-state index < -0.39 is 0 Å². The van der Waals surface area contributed by atoms with Gasteiger partial charge in [0.2, 0.25) is 0 Å². The summed E-state index contributed by atoms with van der Waals surface area (Å²) in [5, 5.41) is 0. The third kappa shape index (κ3) is 2.79. The molecule has 0 atom stereocenters. The first-order valence-electron chi connectivity index (χ1n) is 7.58. The van der Waals surface area contributed by atoms with Gasteiger partial charge in [0.05, 0.1) is 0 Å². The van der Waals surface area contributed by atoms with Crippen LogP contribution in [0.4, 0.5) is 0 Å². The Morgan fingerprint density at radius 1 is 1.09 bits per heavy atom. The summed E-state index contributed by atoms with van der Waals surface area (Å²) in [7, 11) is 0. The summed E-state index contributed by atoms with van der Waals surface area (Å²) in [5.41, 5.74) is 2.81. The number of benzene rings is 1. The number of H-pyrrole nitrogens is 1. The van der Waals surface area contributed by atoms with Crippen molar-refractivity contribution in [2.45, 2.75) is 38.6 Å². The van der Waals surface area contributed by atoms with Crippen LogP contribution >= 0.6 is 0 Å². The van der Waals surface area contributed by atoms with Crippen LogP contribution in [0.2, 0.25) is 0 Å². The summed E-state index contributed by atoms with van der Waals surface area (Å²) in [6.45, 7) is 0.540. The average molecular weight is 298 g/mol. The molecule has 0 fully saturated rings. The van der Waals surface area contributed by atoms with Crippen molar-refractivity contribution in [3.63, 3.8) is 0 Å². The van der Waals surface area contributed by atoms with Crippen molar-refractivity contribution < 1.29 is 4.79 Å². The second-order valence-electron chi connectivity index (χ2n) is 5.65. The number of aryl methyl sites for hydroxylation is 1. The molecule has 114 valence electrons. The summed E-state index contributed by atoms with van der Waals surface area (Å²) < 4.78 is 1.70. The van der Waals surface area contributed by atoms with Gasteiger partial charge >= 0.3 is 5.69 Å². The lowest BCUT2D eigenvalue weighted by atomic mass is 9.96. The molecule has 0 amide bonds. The smallest absolute Gasteiger partial charge is 0.298 e. The van der Waals surface area contributed by atoms with Gasteiger partial charge in [-0.25, -0.2) is 4.79 Å². The molecule has 1 aromatic heterocycles. The Kier molecular flexibility index (Phi) is 4.04. The number of nitrogens with zero attached hydrogens (tertiary/aromatic N) is 1. The van der Waals surface area contributed by atoms with Gasteiger partial charge in [-0.3, -0.25) is 19.1 Å². The second-order valence-corrected chi connectivity index (χ2v) is 5.65. The molecule has 3 rings (SSSR count). The SMILES string of the molecule is O=Cc1ccc(CCn2c3c(c(=O)[nH]c2=O)CCCC3)cc1. The van der Waals surface area contributed by atoms with Crippen molar-refractivity contribution in [3.8, 4) is 0 Å². The van der Waals surface area contributed by atoms with Gasteiger partial charge in [-0.2, -0.15) is 0 Å². The molecule has 22 heavy (non-hydrogen) atoms. The highest BCUT2D eigenvalue weighted by atomic mass is 16.2. The van der Waals surface area contributed by atoms with Gasteiger partial charge in [-0.05, 0) is 37.7 Å². The normalized spacial score (nSPS) is 13.6. The molecule has 0 radical (unpaired) electrons. The van der Waals surface area contributed by atoms with E-state index >= 15 is 0 Å². The van der Waals surface area contributed by atoms with Crippen LogP contribution < -0.4 is 11.2 Å². The molecule has 5 nitrogen and oxygen atoms in total. The number of carbonyl (C=O) groups is 1. The summed E-state index contributed by atoms with van der Waals surface area (Å²) in [6, 6.07) is 7.33. The third-order valence-corrected chi connectivity index (χ3v) is 4.24. The minimum Gasteiger partial charge on any atom is -0.298 e. The van der Waals surface area contributed by atoms with Gasteiger partial charge < -0.3 is 0 Å². The minimum atomic E-state index is -0.324. The van der Waals surface area contributed by atoms with Crippen molar-refractivity contribution >= 4 is 6.29 Å². The Morgan fingerprint density at radius 3 is 2.55 bits per heavy atom. The summed E-state index contributed by atoms with van der Waals surface area (Å²) in [6.07, 6.45) is 5.06. The quantitative estimate of drug-likeness (QED) is 0.869. The molecule has 2 aromatic rings. The molecular weight excluding hydrogens is 280 g/mol. The fourth-order valence-corrected chi connectivity index (χ4v) is 3.03. The predicted molar refractivity (Wildman–Crippen MR) is 83.5 cm³/mol. The lowest BCUT2D eigenvalue weighted by Crippen LogP contribution is -2.37. The number of rotatable bonds is 4. The van der Waals surface area contributed by atoms with Crippen molar-refractivity contribution in [2.24, 2.45) is 0 Å². The predicted octanol–water partition coefficient (Wildman–Crippen LogP) is 1.47. The van der Waals surface area contributed by atoms with Gasteiger partial charge in [-0.1, -0.05) is 24.3 Å². The van der Waals surface area contributed by atoms with E-state index in [2.05, 4.69) is 4.98 Å². The highest BCUT2D eigenvalue weighted by Gasteiger charge is 2.17. The fourth-order valence-electron chi connectivity index (χ4n) is 3.03. The zero-order valence-electron chi connectivity index (χ0n) is 12.3. The summed E-state index contributed by atoms with van der Waals surface area (Å²) in [4.78, 5) is 37.1. The molecule has 0 saturated carbocycles. The number of aldehydes is 1. The van der Waals surface area contributed by atoms with Crippen LogP contribution in [0.5, 0.6) is 0 Å². The van der Waals surface area contributed by atoms with Gasteiger partial charge in [0, 0.05) is 23.4 Å². The topological polar surface area (TPSA) is 71.9 Å². The zero-order chi connectivity index (χ0) is 15.5. The molecule has 0 unspecified atom stereocenters. The molecule has 5 heteroatoms. The highest BCUT2D eigenvalue weighted by Crippen LogP contribution is 2.16. The van der Waals surface area contributed by atoms with Crippen molar-refractivity contribution in [1.82, 2.24) is 9.55 Å². The van der Waals surface area contributed by atoms with Crippen LogP contribution in [0.3, 0.4) is 0 Å². The number of hydrogen-bond donors (Lipinski definition) is 1. The molecule has 1 aliphatic rings. The Labute approximate surface area is 127 Å². The van der Waals surface area contributed by atoms with Crippen molar-refractivity contribution in [1.29, 1.82) is 0 Å². The monoisotopic (exact) mass is 298 g/mol. The lowest BCUT2D eigenvalue weighted by Gasteiger charge is -2.19. The fraction of sp³-hybridized carbons (Fsp3) is 0.353. The number of nitrogens with one attached hydrogen (secondary N) is 1. The number of fused-ring (bicyclic) bond motifs is 1. The van der Waals surface area contributed by atoms with E-state index in [1.165, 1.54) is 0 Å². The Balaban J connectivity index is 1.87. The lowest BCUT2D eigenvalue weighted by molar-refractivity contribution is 0.112. The number of aromatic nitrogens is 2. The first-order chi connectivity index (χ1) is 10.7. The van der Waals surface area contributed by atoms with Crippen LogP contribution in [-0.2, 0) is 25.8 Å². The van der Waals surface area contributed by atoms with E-state index in [1.54, 1.807) is 16.7 Å². The molecule has 0 saturated heterocycles. The number of carbonyl (C=O) groups excluding carboxylic acids is 1. The van der Waals surface area contributed by atoms with E-state index in [0.29, 0.717) is 18.5 Å². The molecule has 0 bridgehead atoms. The van der Waals surface area contributed by atoms with Gasteiger partial charge in [0.15, 0.2) is 0 Å². The maximum atomic E-state index is 12.1. The van der Waals surface area contributed by atoms with Crippen LogP contribution in [-0.4, -0.2) is 15.8 Å². The third-order valence-electron chi connectivity index (χ3n) is 4.24. The summed E-state index contributed by atoms with van der Waals surface area (Å²) >= 11 is 0. The second kappa shape index (κ2) is 6.13. The van der Waals surface area contributed by atoms with E-state index in [0.717, 1.165) is 48.8 Å². The molecular formula is C17H18N2O3. The Bertz CT molecular complexity index is 800. The standard InChI is InChI=1S/C17H18N2O3/c20-11-13-7-5-12(6-8-13)9-10-19-15-4-2-1-3-14(15)16(21)18-17(19)22/h5-8,11H,1-4,9-10H2,(H,18,21,22). The number of aromatic amines is 1. The molecule has 1 heterocycles. The molecule has 1 N–H and O–H groups in total. The Morgan fingerprint density at radius 2 is 1.82 bits per heavy atom. The molecule has 1 aliphatic carbocycles. The average Bonchev–Trinajstić information content (AvgIpc) is 2.55. The number of hydrogen-bond acceptors (Lipinski definition) is 3. The molecule has 0 aliphatic heterocycles. The zero-order valence-corrected chi connectivity index (χ0v) is 12.3. The highest BCUT2D eigenvalue weighted by molar-refractivity contribution is 5.74. The van der Waals surface area contributed by atoms with E-state index in [-0.39, 0.29) is 11.2 Å². The van der Waals surface area contributed by atoms with Gasteiger partial charge in [0.1, 0.15) is 6.29 Å². The van der Waals surface area contributed by atoms with Crippen LogP contribution in [0.25, 0.3) is 0 Å².